The first kappa shape index (κ1) is 15.2. The summed E-state index contributed by atoms with van der Waals surface area (Å²) in [6.07, 6.45) is 0. The Kier molecular flexibility index (Phi) is 4.73. The van der Waals surface area contributed by atoms with Crippen molar-refractivity contribution in [2.75, 3.05) is 6.61 Å². The summed E-state index contributed by atoms with van der Waals surface area (Å²) in [6, 6.07) is 10.0. The van der Waals surface area contributed by atoms with Gasteiger partial charge in [-0.25, -0.2) is 9.48 Å². The molecule has 0 spiro atoms. The van der Waals surface area contributed by atoms with Crippen LogP contribution in [0.15, 0.2) is 30.3 Å². The van der Waals surface area contributed by atoms with E-state index in [4.69, 9.17) is 4.74 Å². The molecule has 0 amide bonds. The van der Waals surface area contributed by atoms with E-state index in [1.807, 2.05) is 58.0 Å². The highest BCUT2D eigenvalue weighted by molar-refractivity contribution is 5.88. The highest BCUT2D eigenvalue weighted by atomic mass is 16.5. The summed E-state index contributed by atoms with van der Waals surface area (Å²) in [7, 11) is 0. The van der Waals surface area contributed by atoms with Crippen LogP contribution < -0.4 is 0 Å². The quantitative estimate of drug-likeness (QED) is 0.793. The van der Waals surface area contributed by atoms with Gasteiger partial charge in [0.2, 0.25) is 0 Å². The number of carbonyl (C=O) groups excluding carboxylic acids is 1. The third-order valence-electron chi connectivity index (χ3n) is 3.32. The summed E-state index contributed by atoms with van der Waals surface area (Å²) in [5.74, 6) is -0.111. The first-order valence-electron chi connectivity index (χ1n) is 7.14. The smallest absolute Gasteiger partial charge is 0.360 e. The van der Waals surface area contributed by atoms with Gasteiger partial charge >= 0.3 is 5.97 Å². The fourth-order valence-corrected chi connectivity index (χ4v) is 2.08. The lowest BCUT2D eigenvalue weighted by Crippen LogP contribution is -2.13. The summed E-state index contributed by atoms with van der Waals surface area (Å²) in [4.78, 5) is 12.0. The van der Waals surface area contributed by atoms with E-state index in [2.05, 4.69) is 10.3 Å². The fourth-order valence-electron chi connectivity index (χ4n) is 2.08. The van der Waals surface area contributed by atoms with Crippen molar-refractivity contribution in [3.63, 3.8) is 0 Å². The summed E-state index contributed by atoms with van der Waals surface area (Å²) in [6.45, 7) is 8.24. The van der Waals surface area contributed by atoms with Crippen LogP contribution in [-0.4, -0.2) is 27.6 Å². The Hall–Kier alpha value is -2.17. The van der Waals surface area contributed by atoms with Gasteiger partial charge in [0.15, 0.2) is 5.69 Å². The van der Waals surface area contributed by atoms with Crippen LogP contribution in [0.1, 0.15) is 48.6 Å². The van der Waals surface area contributed by atoms with Crippen LogP contribution >= 0.6 is 0 Å². The third kappa shape index (κ3) is 3.48. The Labute approximate surface area is 124 Å². The number of rotatable bonds is 5. The zero-order valence-electron chi connectivity index (χ0n) is 12.9. The van der Waals surface area contributed by atoms with Crippen LogP contribution in [0.3, 0.4) is 0 Å². The molecule has 1 aromatic carbocycles. The molecule has 5 nitrogen and oxygen atoms in total. The van der Waals surface area contributed by atoms with Crippen molar-refractivity contribution < 1.29 is 9.53 Å². The van der Waals surface area contributed by atoms with Crippen molar-refractivity contribution in [1.29, 1.82) is 0 Å². The number of ether oxygens (including phenoxy) is 1. The zero-order chi connectivity index (χ0) is 15.4. The summed E-state index contributed by atoms with van der Waals surface area (Å²) >= 11 is 0. The molecule has 0 aliphatic heterocycles. The van der Waals surface area contributed by atoms with Gasteiger partial charge in [-0.3, -0.25) is 0 Å². The van der Waals surface area contributed by atoms with Gasteiger partial charge in [-0.1, -0.05) is 49.4 Å². The van der Waals surface area contributed by atoms with Gasteiger partial charge in [-0.05, 0) is 25.3 Å². The number of nitrogens with zero attached hydrogens (tertiary/aromatic N) is 3. The molecule has 5 heteroatoms. The maximum atomic E-state index is 12.0. The number of benzene rings is 1. The van der Waals surface area contributed by atoms with Gasteiger partial charge < -0.3 is 4.74 Å². The molecule has 1 heterocycles. The van der Waals surface area contributed by atoms with Crippen LogP contribution in [-0.2, 0) is 4.74 Å². The van der Waals surface area contributed by atoms with E-state index in [1.165, 1.54) is 0 Å². The molecule has 0 bridgehead atoms. The molecule has 0 radical (unpaired) electrons. The van der Waals surface area contributed by atoms with Gasteiger partial charge in [0.25, 0.3) is 0 Å². The molecule has 1 atom stereocenters. The number of hydrogen-bond acceptors (Lipinski definition) is 4. The standard InChI is InChI=1S/C16H21N3O2/c1-11(2)10-21-16(20)15-13(4)19(18-17-15)12(3)14-8-6-5-7-9-14/h5-9,11-12H,10H2,1-4H3. The average molecular weight is 287 g/mol. The molecular formula is C16H21N3O2. The van der Waals surface area contributed by atoms with Crippen LogP contribution in [0, 0.1) is 12.8 Å². The monoisotopic (exact) mass is 287 g/mol. The molecule has 2 rings (SSSR count). The molecule has 21 heavy (non-hydrogen) atoms. The average Bonchev–Trinajstić information content (AvgIpc) is 2.86. The molecule has 112 valence electrons. The van der Waals surface area contributed by atoms with E-state index >= 15 is 0 Å². The summed E-state index contributed by atoms with van der Waals surface area (Å²) in [5, 5.41) is 8.08. The second-order valence-electron chi connectivity index (χ2n) is 5.55. The van der Waals surface area contributed by atoms with Crippen molar-refractivity contribution in [2.24, 2.45) is 5.92 Å². The van der Waals surface area contributed by atoms with E-state index in [-0.39, 0.29) is 6.04 Å². The van der Waals surface area contributed by atoms with E-state index in [1.54, 1.807) is 4.68 Å². The fraction of sp³-hybridized carbons (Fsp3) is 0.438. The lowest BCUT2D eigenvalue weighted by Gasteiger charge is -2.13. The predicted molar refractivity (Wildman–Crippen MR) is 80.1 cm³/mol. The Morgan fingerprint density at radius 1 is 1.24 bits per heavy atom. The third-order valence-corrected chi connectivity index (χ3v) is 3.32. The normalized spacial score (nSPS) is 12.4. The van der Waals surface area contributed by atoms with Crippen molar-refractivity contribution in [2.45, 2.75) is 33.7 Å². The lowest BCUT2D eigenvalue weighted by atomic mass is 10.1. The Morgan fingerprint density at radius 2 is 1.90 bits per heavy atom. The molecule has 0 aliphatic carbocycles. The van der Waals surface area contributed by atoms with Gasteiger partial charge in [-0.15, -0.1) is 5.10 Å². The SMILES string of the molecule is Cc1c(C(=O)OCC(C)C)nnn1C(C)c1ccccc1. The lowest BCUT2D eigenvalue weighted by molar-refractivity contribution is 0.0451. The maximum Gasteiger partial charge on any atom is 0.360 e. The Balaban J connectivity index is 2.19. The Morgan fingerprint density at radius 3 is 2.52 bits per heavy atom. The molecule has 0 saturated carbocycles. The van der Waals surface area contributed by atoms with Crippen LogP contribution in [0.4, 0.5) is 0 Å². The minimum atomic E-state index is -0.410. The molecule has 0 saturated heterocycles. The Bertz CT molecular complexity index is 605. The molecule has 0 aliphatic rings. The van der Waals surface area contributed by atoms with E-state index < -0.39 is 5.97 Å². The molecule has 0 N–H and O–H groups in total. The largest absolute Gasteiger partial charge is 0.461 e. The second-order valence-corrected chi connectivity index (χ2v) is 5.55. The topological polar surface area (TPSA) is 57.0 Å². The first-order valence-corrected chi connectivity index (χ1v) is 7.14. The molecule has 1 unspecified atom stereocenters. The molecular weight excluding hydrogens is 266 g/mol. The van der Waals surface area contributed by atoms with Crippen LogP contribution in [0.2, 0.25) is 0 Å². The van der Waals surface area contributed by atoms with Gasteiger partial charge in [-0.2, -0.15) is 0 Å². The molecule has 2 aromatic rings. The van der Waals surface area contributed by atoms with E-state index in [0.29, 0.717) is 18.2 Å². The number of hydrogen-bond donors (Lipinski definition) is 0. The summed E-state index contributed by atoms with van der Waals surface area (Å²) < 4.78 is 6.97. The highest BCUT2D eigenvalue weighted by Gasteiger charge is 2.21. The zero-order valence-corrected chi connectivity index (χ0v) is 12.9. The van der Waals surface area contributed by atoms with Gasteiger partial charge in [0.05, 0.1) is 18.3 Å². The van der Waals surface area contributed by atoms with E-state index in [9.17, 15) is 4.79 Å². The van der Waals surface area contributed by atoms with Crippen molar-refractivity contribution in [3.8, 4) is 0 Å². The highest BCUT2D eigenvalue weighted by Crippen LogP contribution is 2.19. The minimum absolute atomic E-state index is 0.0188. The maximum absolute atomic E-state index is 12.0. The van der Waals surface area contributed by atoms with Gasteiger partial charge in [0.1, 0.15) is 0 Å². The number of carbonyl (C=O) groups is 1. The van der Waals surface area contributed by atoms with Crippen LogP contribution in [0.5, 0.6) is 0 Å². The first-order chi connectivity index (χ1) is 10.0. The molecule has 1 aromatic heterocycles. The van der Waals surface area contributed by atoms with Crippen molar-refractivity contribution in [3.05, 3.63) is 47.3 Å². The number of aromatic nitrogens is 3. The minimum Gasteiger partial charge on any atom is -0.461 e. The molecule has 0 fully saturated rings. The predicted octanol–water partition coefficient (Wildman–Crippen LogP) is 3.01. The van der Waals surface area contributed by atoms with Crippen molar-refractivity contribution >= 4 is 5.97 Å². The summed E-state index contributed by atoms with van der Waals surface area (Å²) in [5.41, 5.74) is 2.13. The second kappa shape index (κ2) is 6.52. The van der Waals surface area contributed by atoms with Gasteiger partial charge in [0, 0.05) is 0 Å². The number of esters is 1. The van der Waals surface area contributed by atoms with Crippen molar-refractivity contribution in [1.82, 2.24) is 15.0 Å². The van der Waals surface area contributed by atoms with Crippen LogP contribution in [0.25, 0.3) is 0 Å². The van der Waals surface area contributed by atoms with E-state index in [0.717, 1.165) is 11.3 Å².